The van der Waals surface area contributed by atoms with Gasteiger partial charge in [0, 0.05) is 16.4 Å². The van der Waals surface area contributed by atoms with Crippen LogP contribution in [0.1, 0.15) is 25.3 Å². The van der Waals surface area contributed by atoms with Crippen molar-refractivity contribution in [3.8, 4) is 0 Å². The molecule has 1 aromatic heterocycles. The Morgan fingerprint density at radius 2 is 2.00 bits per heavy atom. The van der Waals surface area contributed by atoms with Crippen LogP contribution in [0.2, 0.25) is 5.02 Å². The lowest BCUT2D eigenvalue weighted by Crippen LogP contribution is -1.99. The van der Waals surface area contributed by atoms with Crippen LogP contribution in [-0.2, 0) is 0 Å². The van der Waals surface area contributed by atoms with E-state index in [2.05, 4.69) is 46.1 Å². The number of halogens is 2. The van der Waals surface area contributed by atoms with Crippen LogP contribution in [0.15, 0.2) is 41.0 Å². The van der Waals surface area contributed by atoms with Gasteiger partial charge in [0.05, 0.1) is 5.02 Å². The van der Waals surface area contributed by atoms with Crippen LogP contribution in [-0.4, -0.2) is 4.98 Å². The third-order valence-electron chi connectivity index (χ3n) is 2.64. The Balaban J connectivity index is 2.34. The maximum absolute atomic E-state index is 6.16. The summed E-state index contributed by atoms with van der Waals surface area (Å²) in [7, 11) is 0. The minimum absolute atomic E-state index is 0.447. The van der Waals surface area contributed by atoms with Crippen molar-refractivity contribution in [2.45, 2.75) is 19.8 Å². The Bertz CT molecular complexity index is 555. The van der Waals surface area contributed by atoms with Crippen molar-refractivity contribution in [3.63, 3.8) is 0 Å². The predicted octanol–water partition coefficient (Wildman–Crippen LogP) is 5.36. The molecule has 0 radical (unpaired) electrons. The van der Waals surface area contributed by atoms with Crippen LogP contribution < -0.4 is 5.32 Å². The molecule has 94 valence electrons. The molecule has 0 unspecified atom stereocenters. The van der Waals surface area contributed by atoms with Crippen molar-refractivity contribution in [1.29, 1.82) is 0 Å². The fourth-order valence-electron chi connectivity index (χ4n) is 1.75. The molecule has 0 spiro atoms. The molecule has 0 aliphatic heterocycles. The fourth-order valence-corrected chi connectivity index (χ4v) is 2.43. The topological polar surface area (TPSA) is 24.9 Å². The number of aromatic nitrogens is 1. The average molecular weight is 326 g/mol. The maximum atomic E-state index is 6.16. The molecule has 1 aromatic carbocycles. The largest absolute Gasteiger partial charge is 0.339 e. The first-order chi connectivity index (χ1) is 8.58. The Hall–Kier alpha value is -1.06. The summed E-state index contributed by atoms with van der Waals surface area (Å²) in [6.07, 6.45) is 1.73. The standard InChI is InChI=1S/C14H14BrClN2/c1-9(2)11-5-3-4-6-13(11)18-14-12(16)7-10(15)8-17-14/h3-9H,1-2H3,(H,17,18). The second-order valence-corrected chi connectivity index (χ2v) is 5.67. The molecule has 2 nitrogen and oxygen atoms in total. The molecule has 0 aliphatic rings. The van der Waals surface area contributed by atoms with Crippen molar-refractivity contribution >= 4 is 39.0 Å². The van der Waals surface area contributed by atoms with E-state index in [4.69, 9.17) is 11.6 Å². The monoisotopic (exact) mass is 324 g/mol. The summed E-state index contributed by atoms with van der Waals surface area (Å²) in [4.78, 5) is 4.28. The lowest BCUT2D eigenvalue weighted by molar-refractivity contribution is 0.869. The van der Waals surface area contributed by atoms with Gasteiger partial charge in [0.15, 0.2) is 0 Å². The van der Waals surface area contributed by atoms with Gasteiger partial charge in [-0.1, -0.05) is 43.6 Å². The molecule has 18 heavy (non-hydrogen) atoms. The first-order valence-corrected chi connectivity index (χ1v) is 6.92. The quantitative estimate of drug-likeness (QED) is 0.821. The van der Waals surface area contributed by atoms with Crippen LogP contribution in [0.5, 0.6) is 0 Å². The smallest absolute Gasteiger partial charge is 0.149 e. The van der Waals surface area contributed by atoms with Gasteiger partial charge in [-0.2, -0.15) is 0 Å². The van der Waals surface area contributed by atoms with Crippen molar-refractivity contribution in [2.75, 3.05) is 5.32 Å². The molecule has 0 aliphatic carbocycles. The molecule has 0 saturated carbocycles. The summed E-state index contributed by atoms with van der Waals surface area (Å²) in [6.45, 7) is 4.33. The van der Waals surface area contributed by atoms with Crippen LogP contribution in [0.3, 0.4) is 0 Å². The lowest BCUT2D eigenvalue weighted by Gasteiger charge is -2.14. The van der Waals surface area contributed by atoms with Gasteiger partial charge in [0.25, 0.3) is 0 Å². The number of hydrogen-bond donors (Lipinski definition) is 1. The summed E-state index contributed by atoms with van der Waals surface area (Å²) >= 11 is 9.50. The molecule has 1 heterocycles. The van der Waals surface area contributed by atoms with Crippen LogP contribution in [0.4, 0.5) is 11.5 Å². The number of anilines is 2. The van der Waals surface area contributed by atoms with E-state index in [0.717, 1.165) is 10.2 Å². The fraction of sp³-hybridized carbons (Fsp3) is 0.214. The van der Waals surface area contributed by atoms with Gasteiger partial charge in [0.1, 0.15) is 5.82 Å². The van der Waals surface area contributed by atoms with Gasteiger partial charge in [-0.25, -0.2) is 4.98 Å². The van der Waals surface area contributed by atoms with Gasteiger partial charge in [-0.3, -0.25) is 0 Å². The normalized spacial score (nSPS) is 10.7. The second-order valence-electron chi connectivity index (χ2n) is 4.35. The first-order valence-electron chi connectivity index (χ1n) is 5.75. The van der Waals surface area contributed by atoms with E-state index in [9.17, 15) is 0 Å². The predicted molar refractivity (Wildman–Crippen MR) is 80.8 cm³/mol. The Morgan fingerprint density at radius 3 is 2.67 bits per heavy atom. The van der Waals surface area contributed by atoms with E-state index in [1.807, 2.05) is 24.3 Å². The third-order valence-corrected chi connectivity index (χ3v) is 3.37. The second kappa shape index (κ2) is 5.72. The van der Waals surface area contributed by atoms with Crippen molar-refractivity contribution < 1.29 is 0 Å². The highest BCUT2D eigenvalue weighted by atomic mass is 79.9. The lowest BCUT2D eigenvalue weighted by atomic mass is 10.0. The zero-order chi connectivity index (χ0) is 13.1. The molecule has 1 N–H and O–H groups in total. The highest BCUT2D eigenvalue weighted by Crippen LogP contribution is 2.30. The number of nitrogens with zero attached hydrogens (tertiary/aromatic N) is 1. The number of pyridine rings is 1. The molecule has 4 heteroatoms. The number of benzene rings is 1. The SMILES string of the molecule is CC(C)c1ccccc1Nc1ncc(Br)cc1Cl. The minimum Gasteiger partial charge on any atom is -0.339 e. The highest BCUT2D eigenvalue weighted by molar-refractivity contribution is 9.10. The van der Waals surface area contributed by atoms with Gasteiger partial charge in [-0.15, -0.1) is 0 Å². The highest BCUT2D eigenvalue weighted by Gasteiger charge is 2.08. The Labute approximate surface area is 121 Å². The van der Waals surface area contributed by atoms with Crippen molar-refractivity contribution in [3.05, 3.63) is 51.6 Å². The number of hydrogen-bond acceptors (Lipinski definition) is 2. The van der Waals surface area contributed by atoms with Crippen LogP contribution in [0, 0.1) is 0 Å². The third kappa shape index (κ3) is 3.03. The summed E-state index contributed by atoms with van der Waals surface area (Å²) in [6, 6.07) is 10.0. The molecular weight excluding hydrogens is 312 g/mol. The minimum atomic E-state index is 0.447. The van der Waals surface area contributed by atoms with E-state index in [1.165, 1.54) is 5.56 Å². The number of para-hydroxylation sites is 1. The van der Waals surface area contributed by atoms with Crippen LogP contribution >= 0.6 is 27.5 Å². The molecular formula is C14H14BrClN2. The molecule has 0 amide bonds. The summed E-state index contributed by atoms with van der Waals surface area (Å²) < 4.78 is 0.871. The molecule has 0 fully saturated rings. The van der Waals surface area contributed by atoms with Gasteiger partial charge in [0.2, 0.25) is 0 Å². The molecule has 2 rings (SSSR count). The average Bonchev–Trinajstić information content (AvgIpc) is 2.33. The van der Waals surface area contributed by atoms with E-state index in [0.29, 0.717) is 16.8 Å². The van der Waals surface area contributed by atoms with Crippen LogP contribution in [0.25, 0.3) is 0 Å². The molecule has 0 bridgehead atoms. The van der Waals surface area contributed by atoms with Gasteiger partial charge >= 0.3 is 0 Å². The zero-order valence-corrected chi connectivity index (χ0v) is 12.6. The molecule has 0 atom stereocenters. The Kier molecular flexibility index (Phi) is 4.25. The molecule has 2 aromatic rings. The van der Waals surface area contributed by atoms with E-state index in [-0.39, 0.29) is 0 Å². The van der Waals surface area contributed by atoms with E-state index >= 15 is 0 Å². The zero-order valence-electron chi connectivity index (χ0n) is 10.2. The summed E-state index contributed by atoms with van der Waals surface area (Å²) in [5.41, 5.74) is 2.29. The van der Waals surface area contributed by atoms with Crippen molar-refractivity contribution in [1.82, 2.24) is 4.98 Å². The van der Waals surface area contributed by atoms with Gasteiger partial charge in [-0.05, 0) is 39.5 Å². The van der Waals surface area contributed by atoms with E-state index < -0.39 is 0 Å². The first kappa shape index (κ1) is 13.4. The maximum Gasteiger partial charge on any atom is 0.149 e. The summed E-state index contributed by atoms with van der Waals surface area (Å²) in [5.74, 6) is 1.12. The number of rotatable bonds is 3. The summed E-state index contributed by atoms with van der Waals surface area (Å²) in [5, 5.41) is 3.89. The van der Waals surface area contributed by atoms with E-state index in [1.54, 1.807) is 6.20 Å². The van der Waals surface area contributed by atoms with Gasteiger partial charge < -0.3 is 5.32 Å². The molecule has 0 saturated heterocycles. The van der Waals surface area contributed by atoms with Crippen molar-refractivity contribution in [2.24, 2.45) is 0 Å². The number of nitrogens with one attached hydrogen (secondary N) is 1. The Morgan fingerprint density at radius 1 is 1.28 bits per heavy atom.